The lowest BCUT2D eigenvalue weighted by molar-refractivity contribution is 0.0629. The van der Waals surface area contributed by atoms with Gasteiger partial charge in [0, 0.05) is 24.7 Å². The molecule has 1 N–H and O–H groups in total. The molecule has 1 aliphatic heterocycles. The molecule has 2 nitrogen and oxygen atoms in total. The largest absolute Gasteiger partial charge is 0.314 e. The van der Waals surface area contributed by atoms with Crippen LogP contribution in [0.5, 0.6) is 0 Å². The summed E-state index contributed by atoms with van der Waals surface area (Å²) in [5, 5.41) is 3.78. The molecule has 0 amide bonds. The minimum Gasteiger partial charge on any atom is -0.314 e. The molecule has 0 spiro atoms. The molecule has 3 aliphatic carbocycles. The van der Waals surface area contributed by atoms with Gasteiger partial charge < -0.3 is 5.32 Å². The Morgan fingerprint density at radius 1 is 1.05 bits per heavy atom. The molecule has 0 aromatic heterocycles. The van der Waals surface area contributed by atoms with Crippen LogP contribution in [0.2, 0.25) is 0 Å². The minimum absolute atomic E-state index is 0.761. The Hall–Kier alpha value is -0.0800. The van der Waals surface area contributed by atoms with Crippen LogP contribution >= 0.6 is 0 Å². The first kappa shape index (κ1) is 13.6. The zero-order chi connectivity index (χ0) is 13.9. The maximum absolute atomic E-state index is 3.78. The lowest BCUT2D eigenvalue weighted by Crippen LogP contribution is -2.54. The summed E-state index contributed by atoms with van der Waals surface area (Å²) in [6, 6.07) is 2.54. The van der Waals surface area contributed by atoms with Crippen LogP contribution in [-0.4, -0.2) is 36.1 Å². The van der Waals surface area contributed by atoms with Gasteiger partial charge in [0.25, 0.3) is 0 Å². The van der Waals surface area contributed by atoms with Crippen LogP contribution in [0.4, 0.5) is 0 Å². The monoisotopic (exact) mass is 276 g/mol. The number of hydrogen-bond donors (Lipinski definition) is 1. The number of nitrogens with zero attached hydrogens (tertiary/aromatic N) is 1. The smallest absolute Gasteiger partial charge is 0.0167 e. The van der Waals surface area contributed by atoms with Crippen molar-refractivity contribution in [2.75, 3.05) is 13.1 Å². The van der Waals surface area contributed by atoms with Crippen molar-refractivity contribution in [1.29, 1.82) is 0 Å². The summed E-state index contributed by atoms with van der Waals surface area (Å²) in [5.41, 5.74) is 0. The molecule has 0 radical (unpaired) electrons. The third-order valence-electron chi connectivity index (χ3n) is 7.35. The highest BCUT2D eigenvalue weighted by molar-refractivity contribution is 5.18. The first-order valence-electron chi connectivity index (χ1n) is 9.21. The third-order valence-corrected chi connectivity index (χ3v) is 7.35. The number of fused-ring (bicyclic) bond motifs is 5. The molecule has 3 saturated carbocycles. The first-order valence-corrected chi connectivity index (χ1v) is 9.21. The molecule has 4 rings (SSSR count). The molecule has 7 unspecified atom stereocenters. The summed E-state index contributed by atoms with van der Waals surface area (Å²) in [6.07, 6.45) is 7.33. The van der Waals surface area contributed by atoms with Gasteiger partial charge in [0.2, 0.25) is 0 Å². The van der Waals surface area contributed by atoms with Crippen LogP contribution in [0, 0.1) is 29.6 Å². The van der Waals surface area contributed by atoms with Crippen molar-refractivity contribution < 1.29 is 0 Å². The van der Waals surface area contributed by atoms with Crippen LogP contribution in [0.1, 0.15) is 52.9 Å². The zero-order valence-electron chi connectivity index (χ0n) is 13.5. The van der Waals surface area contributed by atoms with Gasteiger partial charge in [0.15, 0.2) is 0 Å². The Balaban J connectivity index is 1.39. The van der Waals surface area contributed by atoms with Crippen LogP contribution in [0.15, 0.2) is 0 Å². The lowest BCUT2D eigenvalue weighted by Gasteiger charge is -2.44. The van der Waals surface area contributed by atoms with Crippen molar-refractivity contribution in [2.24, 2.45) is 29.6 Å². The number of nitrogens with one attached hydrogen (secondary N) is 1. The van der Waals surface area contributed by atoms with Gasteiger partial charge in [-0.25, -0.2) is 0 Å². The van der Waals surface area contributed by atoms with Crippen molar-refractivity contribution in [3.05, 3.63) is 0 Å². The fraction of sp³-hybridized carbons (Fsp3) is 1.00. The molecular formula is C18H32N2. The Kier molecular flexibility index (Phi) is 3.38. The molecule has 20 heavy (non-hydrogen) atoms. The Morgan fingerprint density at radius 3 is 2.40 bits per heavy atom. The Bertz CT molecular complexity index is 352. The van der Waals surface area contributed by atoms with Crippen molar-refractivity contribution in [2.45, 2.75) is 71.0 Å². The van der Waals surface area contributed by atoms with E-state index >= 15 is 0 Å². The van der Waals surface area contributed by atoms with E-state index in [1.807, 2.05) is 0 Å². The molecule has 2 heteroatoms. The topological polar surface area (TPSA) is 15.3 Å². The quantitative estimate of drug-likeness (QED) is 0.848. The third kappa shape index (κ3) is 1.90. The van der Waals surface area contributed by atoms with E-state index in [0.29, 0.717) is 0 Å². The summed E-state index contributed by atoms with van der Waals surface area (Å²) in [7, 11) is 0. The summed E-state index contributed by atoms with van der Waals surface area (Å²) in [5.74, 6) is 5.28. The summed E-state index contributed by atoms with van der Waals surface area (Å²) in [6.45, 7) is 9.80. The van der Waals surface area contributed by atoms with E-state index in [9.17, 15) is 0 Å². The predicted molar refractivity (Wildman–Crippen MR) is 83.6 cm³/mol. The molecule has 114 valence electrons. The van der Waals surface area contributed by atoms with Gasteiger partial charge in [-0.05, 0) is 75.2 Å². The molecule has 1 heterocycles. The predicted octanol–water partition coefficient (Wildman–Crippen LogP) is 3.13. The van der Waals surface area contributed by atoms with Crippen LogP contribution < -0.4 is 5.32 Å². The fourth-order valence-electron chi connectivity index (χ4n) is 6.15. The SMILES string of the molecule is CCCNC1CCN(C2C3C4CCC(C4)C32)C(C)C1C. The average molecular weight is 276 g/mol. The standard InChI is InChI=1S/C18H32N2/c1-4-8-19-15-7-9-20(12(3)11(15)2)18-16-13-5-6-14(10-13)17(16)18/h11-19H,4-10H2,1-3H3. The zero-order valence-corrected chi connectivity index (χ0v) is 13.5. The molecule has 0 aromatic rings. The second kappa shape index (κ2) is 4.98. The number of piperidine rings is 1. The second-order valence-corrected chi connectivity index (χ2v) is 8.17. The number of rotatable bonds is 4. The van der Waals surface area contributed by atoms with Gasteiger partial charge in [-0.2, -0.15) is 0 Å². The highest BCUT2D eigenvalue weighted by Gasteiger charge is 2.67. The lowest BCUT2D eigenvalue weighted by atomic mass is 9.86. The maximum Gasteiger partial charge on any atom is 0.0167 e. The van der Waals surface area contributed by atoms with Crippen molar-refractivity contribution in [1.82, 2.24) is 10.2 Å². The van der Waals surface area contributed by atoms with Gasteiger partial charge >= 0.3 is 0 Å². The van der Waals surface area contributed by atoms with E-state index in [1.165, 1.54) is 25.9 Å². The van der Waals surface area contributed by atoms with E-state index in [2.05, 4.69) is 31.0 Å². The summed E-state index contributed by atoms with van der Waals surface area (Å²) >= 11 is 0. The molecule has 7 atom stereocenters. The number of hydrogen-bond acceptors (Lipinski definition) is 2. The van der Waals surface area contributed by atoms with E-state index in [4.69, 9.17) is 0 Å². The average Bonchev–Trinajstić information content (AvgIpc) is 2.88. The first-order chi connectivity index (χ1) is 9.72. The van der Waals surface area contributed by atoms with Crippen molar-refractivity contribution in [3.8, 4) is 0 Å². The summed E-state index contributed by atoms with van der Waals surface area (Å²) < 4.78 is 0. The summed E-state index contributed by atoms with van der Waals surface area (Å²) in [4.78, 5) is 2.93. The van der Waals surface area contributed by atoms with Gasteiger partial charge in [-0.3, -0.25) is 4.90 Å². The van der Waals surface area contributed by atoms with E-state index in [0.717, 1.165) is 47.7 Å². The van der Waals surface area contributed by atoms with Gasteiger partial charge in [0.05, 0.1) is 0 Å². The van der Waals surface area contributed by atoms with Crippen molar-refractivity contribution in [3.63, 3.8) is 0 Å². The van der Waals surface area contributed by atoms with E-state index in [-0.39, 0.29) is 0 Å². The highest BCUT2D eigenvalue weighted by Crippen LogP contribution is 2.67. The van der Waals surface area contributed by atoms with Crippen LogP contribution in [0.25, 0.3) is 0 Å². The molecule has 1 saturated heterocycles. The molecule has 0 aromatic carbocycles. The molecule has 4 fully saturated rings. The van der Waals surface area contributed by atoms with Crippen LogP contribution in [-0.2, 0) is 0 Å². The second-order valence-electron chi connectivity index (χ2n) is 8.17. The van der Waals surface area contributed by atoms with E-state index in [1.54, 1.807) is 19.3 Å². The maximum atomic E-state index is 3.78. The van der Waals surface area contributed by atoms with Crippen LogP contribution in [0.3, 0.4) is 0 Å². The van der Waals surface area contributed by atoms with Crippen molar-refractivity contribution >= 4 is 0 Å². The van der Waals surface area contributed by atoms with Gasteiger partial charge in [-0.1, -0.05) is 13.8 Å². The van der Waals surface area contributed by atoms with E-state index < -0.39 is 0 Å². The van der Waals surface area contributed by atoms with Gasteiger partial charge in [-0.15, -0.1) is 0 Å². The Labute approximate surface area is 124 Å². The Morgan fingerprint density at radius 2 is 1.75 bits per heavy atom. The minimum atomic E-state index is 0.761. The fourth-order valence-corrected chi connectivity index (χ4v) is 6.15. The highest BCUT2D eigenvalue weighted by atomic mass is 15.3. The molecular weight excluding hydrogens is 244 g/mol. The van der Waals surface area contributed by atoms with Gasteiger partial charge in [0.1, 0.15) is 0 Å². The number of likely N-dealkylation sites (tertiary alicyclic amines) is 1. The molecule has 2 bridgehead atoms. The molecule has 4 aliphatic rings. The normalized spacial score (nSPS) is 54.1.